The first-order valence-corrected chi connectivity index (χ1v) is 7.18. The Morgan fingerprint density at radius 3 is 3.15 bits per heavy atom. The number of nitrogens with zero attached hydrogens (tertiary/aromatic N) is 3. The highest BCUT2D eigenvalue weighted by molar-refractivity contribution is 9.10. The molecule has 0 aliphatic heterocycles. The fraction of sp³-hybridized carbons (Fsp3) is 0.286. The molecule has 0 unspecified atom stereocenters. The van der Waals surface area contributed by atoms with E-state index in [1.165, 1.54) is 0 Å². The van der Waals surface area contributed by atoms with Crippen LogP contribution in [0, 0.1) is 6.92 Å². The lowest BCUT2D eigenvalue weighted by Gasteiger charge is -2.00. The number of halogens is 1. The number of imidazole rings is 1. The topological polar surface area (TPSA) is 67.7 Å². The number of fused-ring (bicyclic) bond motifs is 1. The predicted octanol–water partition coefficient (Wildman–Crippen LogP) is 2.04. The number of aryl methyl sites for hydroxylation is 1. The number of rotatable bonds is 5. The normalized spacial score (nSPS) is 11.8. The summed E-state index contributed by atoms with van der Waals surface area (Å²) in [5.74, 6) is 0.438. The first kappa shape index (κ1) is 14.6. The minimum absolute atomic E-state index is 0.438. The van der Waals surface area contributed by atoms with Crippen LogP contribution in [0.4, 0.5) is 0 Å². The second-order valence-electron chi connectivity index (χ2n) is 4.49. The molecule has 0 saturated heterocycles. The summed E-state index contributed by atoms with van der Waals surface area (Å²) in [6.45, 7) is 6.89. The molecule has 0 spiro atoms. The zero-order valence-electron chi connectivity index (χ0n) is 11.4. The third-order valence-electron chi connectivity index (χ3n) is 2.83. The Morgan fingerprint density at radius 2 is 2.40 bits per heavy atom. The smallest absolute Gasteiger partial charge is 0.188 e. The number of hydrogen-bond donors (Lipinski definition) is 2. The largest absolute Gasteiger partial charge is 0.370 e. The number of aromatic nitrogens is 2. The lowest BCUT2D eigenvalue weighted by Crippen LogP contribution is -2.31. The van der Waals surface area contributed by atoms with Crippen molar-refractivity contribution < 1.29 is 0 Å². The molecule has 20 heavy (non-hydrogen) atoms. The molecule has 5 nitrogen and oxygen atoms in total. The molecule has 0 bridgehead atoms. The monoisotopic (exact) mass is 335 g/mol. The standard InChI is InChI=1S/C14H18BrN5/c1-3-5-17-14(16)18-6-4-12-9-20-8-11(15)7-10(2)13(20)19-12/h3,7-9H,1,4-6H2,2H3,(H3,16,17,18). The van der Waals surface area contributed by atoms with Gasteiger partial charge >= 0.3 is 0 Å². The summed E-state index contributed by atoms with van der Waals surface area (Å²) >= 11 is 3.48. The van der Waals surface area contributed by atoms with Crippen LogP contribution < -0.4 is 11.1 Å². The second-order valence-corrected chi connectivity index (χ2v) is 5.41. The molecule has 2 aromatic heterocycles. The van der Waals surface area contributed by atoms with Gasteiger partial charge in [-0.05, 0) is 34.5 Å². The van der Waals surface area contributed by atoms with Crippen LogP contribution in [0.2, 0.25) is 0 Å². The fourth-order valence-corrected chi connectivity index (χ4v) is 2.48. The van der Waals surface area contributed by atoms with E-state index in [-0.39, 0.29) is 0 Å². The van der Waals surface area contributed by atoms with Crippen LogP contribution in [0.5, 0.6) is 0 Å². The molecule has 0 radical (unpaired) electrons. The van der Waals surface area contributed by atoms with Crippen molar-refractivity contribution >= 4 is 27.5 Å². The molecule has 106 valence electrons. The Bertz CT molecular complexity index is 644. The van der Waals surface area contributed by atoms with Gasteiger partial charge in [-0.2, -0.15) is 0 Å². The minimum atomic E-state index is 0.438. The van der Waals surface area contributed by atoms with Crippen molar-refractivity contribution in [2.45, 2.75) is 13.3 Å². The maximum atomic E-state index is 5.70. The zero-order chi connectivity index (χ0) is 14.5. The average molecular weight is 336 g/mol. The van der Waals surface area contributed by atoms with Crippen LogP contribution in [0.15, 0.2) is 40.6 Å². The van der Waals surface area contributed by atoms with Crippen molar-refractivity contribution in [2.75, 3.05) is 13.1 Å². The number of nitrogens with two attached hydrogens (primary N) is 1. The van der Waals surface area contributed by atoms with Gasteiger partial charge in [0.25, 0.3) is 0 Å². The molecule has 0 aromatic carbocycles. The quantitative estimate of drug-likeness (QED) is 0.499. The van der Waals surface area contributed by atoms with Crippen LogP contribution in [0.3, 0.4) is 0 Å². The Kier molecular flexibility index (Phi) is 4.79. The molecular weight excluding hydrogens is 318 g/mol. The third-order valence-corrected chi connectivity index (χ3v) is 3.26. The Labute approximate surface area is 126 Å². The summed E-state index contributed by atoms with van der Waals surface area (Å²) in [6.07, 6.45) is 6.53. The number of pyridine rings is 1. The van der Waals surface area contributed by atoms with E-state index in [1.807, 2.05) is 23.7 Å². The SMILES string of the molecule is C=CCNC(N)=NCCc1cn2cc(Br)cc(C)c2n1. The minimum Gasteiger partial charge on any atom is -0.370 e. The first-order chi connectivity index (χ1) is 9.60. The molecule has 0 saturated carbocycles. The van der Waals surface area contributed by atoms with Gasteiger partial charge in [0.1, 0.15) is 5.65 Å². The predicted molar refractivity (Wildman–Crippen MR) is 86.0 cm³/mol. The van der Waals surface area contributed by atoms with E-state index in [2.05, 4.69) is 43.9 Å². The lowest BCUT2D eigenvalue weighted by molar-refractivity contribution is 0.909. The zero-order valence-corrected chi connectivity index (χ0v) is 13.0. The van der Waals surface area contributed by atoms with Crippen LogP contribution in [0.25, 0.3) is 5.65 Å². The van der Waals surface area contributed by atoms with E-state index in [0.717, 1.165) is 27.8 Å². The molecule has 0 atom stereocenters. The number of nitrogens with one attached hydrogen (secondary N) is 1. The van der Waals surface area contributed by atoms with Crippen molar-refractivity contribution in [3.05, 3.63) is 46.8 Å². The molecule has 0 aliphatic rings. The van der Waals surface area contributed by atoms with Crippen molar-refractivity contribution in [2.24, 2.45) is 10.7 Å². The van der Waals surface area contributed by atoms with Gasteiger partial charge in [0, 0.05) is 36.4 Å². The van der Waals surface area contributed by atoms with E-state index >= 15 is 0 Å². The van der Waals surface area contributed by atoms with Gasteiger partial charge in [0.05, 0.1) is 5.69 Å². The van der Waals surface area contributed by atoms with Gasteiger partial charge in [0.2, 0.25) is 0 Å². The van der Waals surface area contributed by atoms with Crippen LogP contribution in [-0.2, 0) is 6.42 Å². The van der Waals surface area contributed by atoms with Crippen molar-refractivity contribution in [3.63, 3.8) is 0 Å². The number of aliphatic imine (C=N–C) groups is 1. The Morgan fingerprint density at radius 1 is 1.60 bits per heavy atom. The molecule has 2 heterocycles. The van der Waals surface area contributed by atoms with Gasteiger partial charge < -0.3 is 15.5 Å². The molecule has 0 aliphatic carbocycles. The molecule has 0 amide bonds. The molecular formula is C14H18BrN5. The Hall–Kier alpha value is -1.82. The third kappa shape index (κ3) is 3.60. The van der Waals surface area contributed by atoms with Gasteiger partial charge in [-0.3, -0.25) is 4.99 Å². The second kappa shape index (κ2) is 6.56. The summed E-state index contributed by atoms with van der Waals surface area (Å²) in [6, 6.07) is 2.06. The van der Waals surface area contributed by atoms with Crippen molar-refractivity contribution in [1.82, 2.24) is 14.7 Å². The van der Waals surface area contributed by atoms with Crippen molar-refractivity contribution in [1.29, 1.82) is 0 Å². The number of hydrogen-bond acceptors (Lipinski definition) is 2. The van der Waals surface area contributed by atoms with E-state index in [0.29, 0.717) is 19.0 Å². The number of guanidine groups is 1. The highest BCUT2D eigenvalue weighted by Crippen LogP contribution is 2.17. The van der Waals surface area contributed by atoms with Gasteiger partial charge in [-0.15, -0.1) is 6.58 Å². The summed E-state index contributed by atoms with van der Waals surface area (Å²) in [5, 5.41) is 2.94. The fourth-order valence-electron chi connectivity index (χ4n) is 1.92. The highest BCUT2D eigenvalue weighted by atomic mass is 79.9. The van der Waals surface area contributed by atoms with E-state index in [1.54, 1.807) is 6.08 Å². The van der Waals surface area contributed by atoms with Gasteiger partial charge in [-0.25, -0.2) is 4.98 Å². The molecule has 2 aromatic rings. The molecule has 3 N–H and O–H groups in total. The van der Waals surface area contributed by atoms with E-state index in [9.17, 15) is 0 Å². The average Bonchev–Trinajstić information content (AvgIpc) is 2.79. The lowest BCUT2D eigenvalue weighted by atomic mass is 10.3. The highest BCUT2D eigenvalue weighted by Gasteiger charge is 2.05. The summed E-state index contributed by atoms with van der Waals surface area (Å²) < 4.78 is 3.07. The van der Waals surface area contributed by atoms with Crippen LogP contribution in [-0.4, -0.2) is 28.4 Å². The van der Waals surface area contributed by atoms with Gasteiger partial charge in [-0.1, -0.05) is 6.08 Å². The maximum absolute atomic E-state index is 5.70. The van der Waals surface area contributed by atoms with Gasteiger partial charge in [0.15, 0.2) is 5.96 Å². The maximum Gasteiger partial charge on any atom is 0.188 e. The summed E-state index contributed by atoms with van der Waals surface area (Å²) in [7, 11) is 0. The Balaban J connectivity index is 2.04. The first-order valence-electron chi connectivity index (χ1n) is 6.38. The van der Waals surface area contributed by atoms with Crippen LogP contribution in [0.1, 0.15) is 11.3 Å². The summed E-state index contributed by atoms with van der Waals surface area (Å²) in [5.41, 5.74) is 8.83. The molecule has 2 rings (SSSR count). The van der Waals surface area contributed by atoms with Crippen molar-refractivity contribution in [3.8, 4) is 0 Å². The summed E-state index contributed by atoms with van der Waals surface area (Å²) in [4.78, 5) is 8.85. The van der Waals surface area contributed by atoms with E-state index < -0.39 is 0 Å². The molecule has 6 heteroatoms. The molecule has 0 fully saturated rings. The van der Waals surface area contributed by atoms with Crippen LogP contribution >= 0.6 is 15.9 Å². The van der Waals surface area contributed by atoms with E-state index in [4.69, 9.17) is 5.73 Å².